The Bertz CT molecular complexity index is 388. The second-order valence-corrected chi connectivity index (χ2v) is 5.17. The molecule has 1 aromatic carbocycles. The minimum atomic E-state index is 0.00780. The van der Waals surface area contributed by atoms with Crippen LogP contribution >= 0.6 is 11.6 Å². The summed E-state index contributed by atoms with van der Waals surface area (Å²) in [4.78, 5) is 11.9. The second kappa shape index (κ2) is 6.65. The molecule has 0 aromatic heterocycles. The van der Waals surface area contributed by atoms with Crippen molar-refractivity contribution in [2.45, 2.75) is 39.0 Å². The van der Waals surface area contributed by atoms with Crippen LogP contribution < -0.4 is 5.32 Å². The standard InChI is InChI=1S/C14H20ClNO/c1-10-6-4-8-13(12(10)3)14(17)16-9-5-7-11(2)15/h4,6,8,11H,5,7,9H2,1-3H3,(H,16,17). The van der Waals surface area contributed by atoms with Crippen molar-refractivity contribution in [2.24, 2.45) is 0 Å². The van der Waals surface area contributed by atoms with Gasteiger partial charge < -0.3 is 5.32 Å². The lowest BCUT2D eigenvalue weighted by molar-refractivity contribution is 0.0952. The third kappa shape index (κ3) is 4.39. The molecule has 1 amide bonds. The van der Waals surface area contributed by atoms with E-state index in [2.05, 4.69) is 5.32 Å². The van der Waals surface area contributed by atoms with Crippen LogP contribution in [0.2, 0.25) is 0 Å². The number of aryl methyl sites for hydroxylation is 1. The first-order chi connectivity index (χ1) is 8.02. The summed E-state index contributed by atoms with van der Waals surface area (Å²) in [6.07, 6.45) is 1.84. The Labute approximate surface area is 108 Å². The molecule has 0 aliphatic heterocycles. The Balaban J connectivity index is 2.50. The third-order valence-electron chi connectivity index (χ3n) is 2.91. The van der Waals surface area contributed by atoms with Gasteiger partial charge in [0.25, 0.3) is 5.91 Å². The van der Waals surface area contributed by atoms with Crippen LogP contribution in [0.5, 0.6) is 0 Å². The molecule has 0 aliphatic carbocycles. The van der Waals surface area contributed by atoms with Gasteiger partial charge in [0.05, 0.1) is 0 Å². The highest BCUT2D eigenvalue weighted by Crippen LogP contribution is 2.12. The maximum Gasteiger partial charge on any atom is 0.251 e. The SMILES string of the molecule is Cc1cccc(C(=O)NCCCC(C)Cl)c1C. The summed E-state index contributed by atoms with van der Waals surface area (Å²) >= 11 is 5.84. The average Bonchev–Trinajstić information content (AvgIpc) is 2.27. The number of carbonyl (C=O) groups is 1. The molecule has 0 saturated carbocycles. The normalized spacial score (nSPS) is 12.2. The molecule has 0 fully saturated rings. The molecule has 94 valence electrons. The minimum absolute atomic E-state index is 0.00780. The Hall–Kier alpha value is -1.02. The van der Waals surface area contributed by atoms with Gasteiger partial charge in [-0.25, -0.2) is 0 Å². The van der Waals surface area contributed by atoms with E-state index in [0.29, 0.717) is 6.54 Å². The minimum Gasteiger partial charge on any atom is -0.352 e. The number of hydrogen-bond acceptors (Lipinski definition) is 1. The molecule has 1 unspecified atom stereocenters. The van der Waals surface area contributed by atoms with Crippen LogP contribution in [0.25, 0.3) is 0 Å². The second-order valence-electron chi connectivity index (χ2n) is 4.43. The van der Waals surface area contributed by atoms with E-state index in [9.17, 15) is 4.79 Å². The molecule has 0 aliphatic rings. The van der Waals surface area contributed by atoms with Gasteiger partial charge in [0.2, 0.25) is 0 Å². The van der Waals surface area contributed by atoms with Gasteiger partial charge in [-0.2, -0.15) is 0 Å². The lowest BCUT2D eigenvalue weighted by atomic mass is 10.0. The summed E-state index contributed by atoms with van der Waals surface area (Å²) in [6.45, 7) is 6.64. The van der Waals surface area contributed by atoms with Crippen molar-refractivity contribution >= 4 is 17.5 Å². The molecule has 1 aromatic rings. The molecule has 17 heavy (non-hydrogen) atoms. The summed E-state index contributed by atoms with van der Waals surface area (Å²) in [5.74, 6) is 0.00780. The van der Waals surface area contributed by atoms with E-state index in [1.165, 1.54) is 0 Å². The fourth-order valence-corrected chi connectivity index (χ4v) is 1.83. The van der Waals surface area contributed by atoms with Crippen LogP contribution in [0, 0.1) is 13.8 Å². The Morgan fingerprint density at radius 3 is 2.76 bits per heavy atom. The highest BCUT2D eigenvalue weighted by Gasteiger charge is 2.09. The zero-order valence-corrected chi connectivity index (χ0v) is 11.5. The van der Waals surface area contributed by atoms with Gasteiger partial charge in [0.15, 0.2) is 0 Å². The lowest BCUT2D eigenvalue weighted by Crippen LogP contribution is -2.25. The molecule has 3 heteroatoms. The zero-order chi connectivity index (χ0) is 12.8. The van der Waals surface area contributed by atoms with Gasteiger partial charge in [0.1, 0.15) is 0 Å². The first-order valence-electron chi connectivity index (χ1n) is 6.01. The van der Waals surface area contributed by atoms with E-state index >= 15 is 0 Å². The molecule has 0 heterocycles. The monoisotopic (exact) mass is 253 g/mol. The number of carbonyl (C=O) groups excluding carboxylic acids is 1. The van der Waals surface area contributed by atoms with Crippen LogP contribution in [0.1, 0.15) is 41.3 Å². The molecule has 0 spiro atoms. The van der Waals surface area contributed by atoms with E-state index in [1.807, 2.05) is 39.0 Å². The number of benzene rings is 1. The first kappa shape index (κ1) is 14.0. The van der Waals surface area contributed by atoms with Crippen LogP contribution in [0.15, 0.2) is 18.2 Å². The highest BCUT2D eigenvalue weighted by molar-refractivity contribution is 6.20. The van der Waals surface area contributed by atoms with Crippen LogP contribution in [-0.2, 0) is 0 Å². The predicted molar refractivity (Wildman–Crippen MR) is 72.8 cm³/mol. The third-order valence-corrected chi connectivity index (χ3v) is 3.13. The zero-order valence-electron chi connectivity index (χ0n) is 10.7. The largest absolute Gasteiger partial charge is 0.352 e. The number of nitrogens with one attached hydrogen (secondary N) is 1. The van der Waals surface area contributed by atoms with E-state index in [4.69, 9.17) is 11.6 Å². The lowest BCUT2D eigenvalue weighted by Gasteiger charge is -2.09. The maximum atomic E-state index is 11.9. The fraction of sp³-hybridized carbons (Fsp3) is 0.500. The van der Waals surface area contributed by atoms with Crippen LogP contribution in [-0.4, -0.2) is 17.8 Å². The van der Waals surface area contributed by atoms with Gasteiger partial charge >= 0.3 is 0 Å². The Morgan fingerprint density at radius 1 is 1.41 bits per heavy atom. The van der Waals surface area contributed by atoms with Crippen molar-refractivity contribution in [3.05, 3.63) is 34.9 Å². The molecule has 0 bridgehead atoms. The van der Waals surface area contributed by atoms with Gasteiger partial charge in [0, 0.05) is 17.5 Å². The fourth-order valence-electron chi connectivity index (χ4n) is 1.68. The Morgan fingerprint density at radius 2 is 2.12 bits per heavy atom. The number of rotatable bonds is 5. The maximum absolute atomic E-state index is 11.9. The Kier molecular flexibility index (Phi) is 5.49. The molecular formula is C14H20ClNO. The number of alkyl halides is 1. The molecule has 1 rings (SSSR count). The van der Waals surface area contributed by atoms with Crippen molar-refractivity contribution in [2.75, 3.05) is 6.54 Å². The van der Waals surface area contributed by atoms with Gasteiger partial charge in [-0.3, -0.25) is 4.79 Å². The van der Waals surface area contributed by atoms with E-state index in [1.54, 1.807) is 0 Å². The van der Waals surface area contributed by atoms with Crippen molar-refractivity contribution in [3.63, 3.8) is 0 Å². The summed E-state index contributed by atoms with van der Waals surface area (Å²) < 4.78 is 0. The average molecular weight is 254 g/mol. The number of amides is 1. The summed E-state index contributed by atoms with van der Waals surface area (Å²) in [6, 6.07) is 5.79. The van der Waals surface area contributed by atoms with Crippen molar-refractivity contribution < 1.29 is 4.79 Å². The van der Waals surface area contributed by atoms with Gasteiger partial charge in [-0.1, -0.05) is 12.1 Å². The number of halogens is 1. The van der Waals surface area contributed by atoms with E-state index < -0.39 is 0 Å². The quantitative estimate of drug-likeness (QED) is 0.632. The predicted octanol–water partition coefficient (Wildman–Crippen LogP) is 3.44. The molecule has 0 radical (unpaired) electrons. The first-order valence-corrected chi connectivity index (χ1v) is 6.44. The molecule has 2 nitrogen and oxygen atoms in total. The van der Waals surface area contributed by atoms with Gasteiger partial charge in [-0.05, 0) is 50.8 Å². The van der Waals surface area contributed by atoms with Crippen molar-refractivity contribution in [3.8, 4) is 0 Å². The topological polar surface area (TPSA) is 29.1 Å². The molecule has 0 saturated heterocycles. The summed E-state index contributed by atoms with van der Waals surface area (Å²) in [7, 11) is 0. The summed E-state index contributed by atoms with van der Waals surface area (Å²) in [5.41, 5.74) is 2.96. The highest BCUT2D eigenvalue weighted by atomic mass is 35.5. The van der Waals surface area contributed by atoms with E-state index in [-0.39, 0.29) is 11.3 Å². The molecule has 1 N–H and O–H groups in total. The van der Waals surface area contributed by atoms with Crippen LogP contribution in [0.3, 0.4) is 0 Å². The molecular weight excluding hydrogens is 234 g/mol. The van der Waals surface area contributed by atoms with Gasteiger partial charge in [-0.15, -0.1) is 11.6 Å². The van der Waals surface area contributed by atoms with Crippen molar-refractivity contribution in [1.29, 1.82) is 0 Å². The number of hydrogen-bond donors (Lipinski definition) is 1. The smallest absolute Gasteiger partial charge is 0.251 e. The molecule has 1 atom stereocenters. The van der Waals surface area contributed by atoms with Crippen molar-refractivity contribution in [1.82, 2.24) is 5.32 Å². The summed E-state index contributed by atoms with van der Waals surface area (Å²) in [5, 5.41) is 3.10. The van der Waals surface area contributed by atoms with Crippen LogP contribution in [0.4, 0.5) is 0 Å². The van der Waals surface area contributed by atoms with E-state index in [0.717, 1.165) is 29.5 Å².